The van der Waals surface area contributed by atoms with E-state index in [1.165, 1.54) is 26.0 Å². The lowest BCUT2D eigenvalue weighted by Gasteiger charge is -2.23. The van der Waals surface area contributed by atoms with E-state index in [2.05, 4.69) is 5.32 Å². The minimum atomic E-state index is -0.441. The number of methoxy groups -OCH3 is 1. The molecule has 0 amide bonds. The van der Waals surface area contributed by atoms with E-state index in [0.29, 0.717) is 12.4 Å². The van der Waals surface area contributed by atoms with Crippen molar-refractivity contribution in [3.63, 3.8) is 0 Å². The number of nitrogens with one attached hydrogen (secondary N) is 1. The topological polar surface area (TPSA) is 73.6 Å². The average Bonchev–Trinajstić information content (AvgIpc) is 2.45. The first-order valence-corrected chi connectivity index (χ1v) is 6.39. The van der Waals surface area contributed by atoms with Gasteiger partial charge in [-0.05, 0) is 25.5 Å². The van der Waals surface area contributed by atoms with Crippen LogP contribution in [0, 0.1) is 10.1 Å². The smallest absolute Gasteiger partial charge is 0.311 e. The zero-order valence-electron chi connectivity index (χ0n) is 10.9. The predicted octanol–water partition coefficient (Wildman–Crippen LogP) is 2.12. The normalized spacial score (nSPS) is 18.9. The average molecular weight is 266 g/mol. The summed E-state index contributed by atoms with van der Waals surface area (Å²) in [7, 11) is 1.52. The van der Waals surface area contributed by atoms with Crippen LogP contribution in [0.3, 0.4) is 0 Å². The van der Waals surface area contributed by atoms with Gasteiger partial charge in [0.15, 0.2) is 0 Å². The molecule has 0 radical (unpaired) electrons. The van der Waals surface area contributed by atoms with Gasteiger partial charge in [-0.25, -0.2) is 0 Å². The van der Waals surface area contributed by atoms with Crippen molar-refractivity contribution in [2.75, 3.05) is 20.3 Å². The summed E-state index contributed by atoms with van der Waals surface area (Å²) < 4.78 is 10.7. The maximum absolute atomic E-state index is 10.9. The molecular weight excluding hydrogens is 248 g/mol. The van der Waals surface area contributed by atoms with Crippen LogP contribution < -0.4 is 14.8 Å². The van der Waals surface area contributed by atoms with Gasteiger partial charge >= 0.3 is 5.69 Å². The van der Waals surface area contributed by atoms with Gasteiger partial charge in [0.1, 0.15) is 12.4 Å². The van der Waals surface area contributed by atoms with Crippen LogP contribution in [0.15, 0.2) is 18.2 Å². The molecule has 1 aromatic rings. The number of rotatable bonds is 5. The second kappa shape index (κ2) is 6.38. The molecule has 104 valence electrons. The molecule has 1 aromatic carbocycles. The fourth-order valence-corrected chi connectivity index (χ4v) is 2.14. The molecule has 1 aliphatic heterocycles. The van der Waals surface area contributed by atoms with E-state index in [-0.39, 0.29) is 17.5 Å². The van der Waals surface area contributed by atoms with Crippen LogP contribution in [-0.4, -0.2) is 31.2 Å². The number of nitrogens with zero attached hydrogens (tertiary/aromatic N) is 1. The quantitative estimate of drug-likeness (QED) is 0.652. The second-order valence-electron chi connectivity index (χ2n) is 4.55. The van der Waals surface area contributed by atoms with Crippen molar-refractivity contribution >= 4 is 5.69 Å². The van der Waals surface area contributed by atoms with Gasteiger partial charge in [-0.15, -0.1) is 0 Å². The lowest BCUT2D eigenvalue weighted by atomic mass is 10.1. The molecule has 0 spiro atoms. The summed E-state index contributed by atoms with van der Waals surface area (Å²) in [6.45, 7) is 1.42. The third-order valence-corrected chi connectivity index (χ3v) is 3.22. The van der Waals surface area contributed by atoms with Crippen LogP contribution in [0.2, 0.25) is 0 Å². The monoisotopic (exact) mass is 266 g/mol. The molecule has 6 nitrogen and oxygen atoms in total. The Hall–Kier alpha value is -1.82. The highest BCUT2D eigenvalue weighted by Crippen LogP contribution is 2.31. The SMILES string of the molecule is COc1ccc([N+](=O)[O-])c(OCC2CCCCN2)c1. The molecular formula is C13H18N2O4. The van der Waals surface area contributed by atoms with E-state index in [0.717, 1.165) is 13.0 Å². The lowest BCUT2D eigenvalue weighted by Crippen LogP contribution is -2.38. The van der Waals surface area contributed by atoms with E-state index < -0.39 is 4.92 Å². The molecule has 1 N–H and O–H groups in total. The maximum atomic E-state index is 10.9. The van der Waals surface area contributed by atoms with Crippen LogP contribution >= 0.6 is 0 Å². The van der Waals surface area contributed by atoms with E-state index >= 15 is 0 Å². The first-order chi connectivity index (χ1) is 9.20. The van der Waals surface area contributed by atoms with E-state index in [1.54, 1.807) is 12.1 Å². The summed E-state index contributed by atoms with van der Waals surface area (Å²) in [4.78, 5) is 10.5. The number of piperidine rings is 1. The Labute approximate surface area is 111 Å². The van der Waals surface area contributed by atoms with Crippen molar-refractivity contribution in [3.05, 3.63) is 28.3 Å². The fourth-order valence-electron chi connectivity index (χ4n) is 2.14. The van der Waals surface area contributed by atoms with E-state index in [1.807, 2.05) is 0 Å². The lowest BCUT2D eigenvalue weighted by molar-refractivity contribution is -0.385. The number of nitro benzene ring substituents is 1. The minimum absolute atomic E-state index is 0.0309. The summed E-state index contributed by atoms with van der Waals surface area (Å²) in [5, 5.41) is 14.3. The summed E-state index contributed by atoms with van der Waals surface area (Å²) in [6, 6.07) is 4.78. The molecule has 0 aromatic heterocycles. The van der Waals surface area contributed by atoms with Gasteiger partial charge in [0.25, 0.3) is 0 Å². The highest BCUT2D eigenvalue weighted by atomic mass is 16.6. The van der Waals surface area contributed by atoms with Gasteiger partial charge < -0.3 is 14.8 Å². The molecule has 2 rings (SSSR count). The van der Waals surface area contributed by atoms with Gasteiger partial charge in [-0.3, -0.25) is 10.1 Å². The Morgan fingerprint density at radius 2 is 2.32 bits per heavy atom. The van der Waals surface area contributed by atoms with Crippen molar-refractivity contribution in [2.24, 2.45) is 0 Å². The Balaban J connectivity index is 2.06. The largest absolute Gasteiger partial charge is 0.497 e. The first-order valence-electron chi connectivity index (χ1n) is 6.39. The Kier molecular flexibility index (Phi) is 4.57. The molecule has 0 bridgehead atoms. The Morgan fingerprint density at radius 1 is 1.47 bits per heavy atom. The number of benzene rings is 1. The molecule has 1 aliphatic rings. The number of hydrogen-bond donors (Lipinski definition) is 1. The molecule has 1 unspecified atom stereocenters. The van der Waals surface area contributed by atoms with Crippen molar-refractivity contribution in [1.82, 2.24) is 5.32 Å². The number of nitro groups is 1. The van der Waals surface area contributed by atoms with Crippen LogP contribution in [0.4, 0.5) is 5.69 Å². The van der Waals surface area contributed by atoms with Gasteiger partial charge in [0.2, 0.25) is 5.75 Å². The van der Waals surface area contributed by atoms with Crippen LogP contribution in [0.25, 0.3) is 0 Å². The molecule has 6 heteroatoms. The summed E-state index contributed by atoms with van der Waals surface area (Å²) >= 11 is 0. The molecule has 0 saturated carbocycles. The third kappa shape index (κ3) is 3.57. The fraction of sp³-hybridized carbons (Fsp3) is 0.538. The second-order valence-corrected chi connectivity index (χ2v) is 4.55. The Morgan fingerprint density at radius 3 is 2.95 bits per heavy atom. The number of ether oxygens (including phenoxy) is 2. The van der Waals surface area contributed by atoms with Crippen molar-refractivity contribution in [3.8, 4) is 11.5 Å². The van der Waals surface area contributed by atoms with Gasteiger partial charge in [-0.1, -0.05) is 6.42 Å². The first kappa shape index (κ1) is 13.6. The molecule has 1 heterocycles. The predicted molar refractivity (Wildman–Crippen MR) is 70.8 cm³/mol. The Bertz CT molecular complexity index is 444. The molecule has 19 heavy (non-hydrogen) atoms. The maximum Gasteiger partial charge on any atom is 0.311 e. The van der Waals surface area contributed by atoms with Gasteiger partial charge in [0, 0.05) is 18.2 Å². The van der Waals surface area contributed by atoms with Crippen molar-refractivity contribution in [2.45, 2.75) is 25.3 Å². The van der Waals surface area contributed by atoms with E-state index in [4.69, 9.17) is 9.47 Å². The summed E-state index contributed by atoms with van der Waals surface area (Å²) in [5.41, 5.74) is -0.0309. The van der Waals surface area contributed by atoms with E-state index in [9.17, 15) is 10.1 Å². The van der Waals surface area contributed by atoms with Crippen molar-refractivity contribution < 1.29 is 14.4 Å². The van der Waals surface area contributed by atoms with Crippen LogP contribution in [-0.2, 0) is 0 Å². The molecule has 0 aliphatic carbocycles. The van der Waals surface area contributed by atoms with Crippen molar-refractivity contribution in [1.29, 1.82) is 0 Å². The van der Waals surface area contributed by atoms with Gasteiger partial charge in [-0.2, -0.15) is 0 Å². The summed E-state index contributed by atoms with van der Waals surface area (Å²) in [5.74, 6) is 0.814. The summed E-state index contributed by atoms with van der Waals surface area (Å²) in [6.07, 6.45) is 3.38. The zero-order chi connectivity index (χ0) is 13.7. The highest BCUT2D eigenvalue weighted by Gasteiger charge is 2.19. The third-order valence-electron chi connectivity index (χ3n) is 3.22. The highest BCUT2D eigenvalue weighted by molar-refractivity contribution is 5.50. The van der Waals surface area contributed by atoms with Crippen LogP contribution in [0.5, 0.6) is 11.5 Å². The molecule has 1 atom stereocenters. The van der Waals surface area contributed by atoms with Crippen LogP contribution in [0.1, 0.15) is 19.3 Å². The molecule has 1 saturated heterocycles. The van der Waals surface area contributed by atoms with Gasteiger partial charge in [0.05, 0.1) is 12.0 Å². The standard InChI is InChI=1S/C13H18N2O4/c1-18-11-5-6-12(15(16)17)13(8-11)19-9-10-4-2-3-7-14-10/h5-6,8,10,14H,2-4,7,9H2,1H3. The zero-order valence-corrected chi connectivity index (χ0v) is 10.9. The molecule has 1 fully saturated rings. The minimum Gasteiger partial charge on any atom is -0.497 e. The number of hydrogen-bond acceptors (Lipinski definition) is 5.